The second-order valence-corrected chi connectivity index (χ2v) is 4.14. The van der Waals surface area contributed by atoms with Crippen molar-refractivity contribution in [1.82, 2.24) is 5.32 Å². The first-order chi connectivity index (χ1) is 7.13. The van der Waals surface area contributed by atoms with Crippen molar-refractivity contribution in [2.45, 2.75) is 65.2 Å². The molecule has 0 saturated heterocycles. The van der Waals surface area contributed by atoms with Crippen LogP contribution in [0.2, 0.25) is 0 Å². The molecule has 0 aromatic carbocycles. The van der Waals surface area contributed by atoms with Gasteiger partial charge in [-0.15, -0.1) is 0 Å². The zero-order chi connectivity index (χ0) is 11.7. The highest BCUT2D eigenvalue weighted by atomic mass is 16.5. The van der Waals surface area contributed by atoms with Gasteiger partial charge in [-0.25, -0.2) is 0 Å². The summed E-state index contributed by atoms with van der Waals surface area (Å²) in [4.78, 5) is 0. The molecule has 92 valence electrons. The van der Waals surface area contributed by atoms with E-state index < -0.39 is 0 Å². The Balaban J connectivity index is 3.51. The van der Waals surface area contributed by atoms with Gasteiger partial charge in [-0.1, -0.05) is 20.8 Å². The van der Waals surface area contributed by atoms with Gasteiger partial charge in [-0.2, -0.15) is 0 Å². The summed E-state index contributed by atoms with van der Waals surface area (Å²) in [6.07, 6.45) is 3.08. The standard InChI is InChI=1S/C12H27NO2/c1-5-11(14)8-13-10(4)9-15-12(6-2)7-3/h10-14H,5-9H2,1-4H3. The van der Waals surface area contributed by atoms with Gasteiger partial charge in [0.25, 0.3) is 0 Å². The zero-order valence-electron chi connectivity index (χ0n) is 10.6. The largest absolute Gasteiger partial charge is 0.392 e. The molecule has 3 heteroatoms. The molecule has 15 heavy (non-hydrogen) atoms. The van der Waals surface area contributed by atoms with Gasteiger partial charge < -0.3 is 15.2 Å². The van der Waals surface area contributed by atoms with Gasteiger partial charge in [0, 0.05) is 12.6 Å². The fourth-order valence-corrected chi connectivity index (χ4v) is 1.35. The van der Waals surface area contributed by atoms with Crippen molar-refractivity contribution >= 4 is 0 Å². The number of nitrogens with one attached hydrogen (secondary N) is 1. The smallest absolute Gasteiger partial charge is 0.0662 e. The Kier molecular flexibility index (Phi) is 9.06. The summed E-state index contributed by atoms with van der Waals surface area (Å²) in [5.41, 5.74) is 0. The maximum Gasteiger partial charge on any atom is 0.0662 e. The van der Waals surface area contributed by atoms with E-state index in [2.05, 4.69) is 26.1 Å². The Morgan fingerprint density at radius 3 is 2.20 bits per heavy atom. The molecule has 0 aliphatic carbocycles. The molecule has 2 N–H and O–H groups in total. The number of aliphatic hydroxyl groups excluding tert-OH is 1. The minimum atomic E-state index is -0.236. The van der Waals surface area contributed by atoms with Crippen LogP contribution in [-0.4, -0.2) is 36.5 Å². The van der Waals surface area contributed by atoms with Gasteiger partial charge in [0.1, 0.15) is 0 Å². The van der Waals surface area contributed by atoms with E-state index in [0.29, 0.717) is 18.7 Å². The fourth-order valence-electron chi connectivity index (χ4n) is 1.35. The van der Waals surface area contributed by atoms with E-state index >= 15 is 0 Å². The molecule has 0 fully saturated rings. The summed E-state index contributed by atoms with van der Waals surface area (Å²) in [5, 5.41) is 12.6. The summed E-state index contributed by atoms with van der Waals surface area (Å²) in [6, 6.07) is 0.312. The van der Waals surface area contributed by atoms with Crippen LogP contribution in [0.1, 0.15) is 47.0 Å². The second-order valence-electron chi connectivity index (χ2n) is 4.14. The number of ether oxygens (including phenoxy) is 1. The van der Waals surface area contributed by atoms with Crippen molar-refractivity contribution in [3.63, 3.8) is 0 Å². The van der Waals surface area contributed by atoms with Crippen molar-refractivity contribution in [1.29, 1.82) is 0 Å². The third-order valence-electron chi connectivity index (χ3n) is 2.67. The number of hydrogen-bond donors (Lipinski definition) is 2. The van der Waals surface area contributed by atoms with E-state index in [1.807, 2.05) is 6.92 Å². The van der Waals surface area contributed by atoms with Crippen molar-refractivity contribution < 1.29 is 9.84 Å². The SMILES string of the molecule is CCC(O)CNC(C)COC(CC)CC. The van der Waals surface area contributed by atoms with E-state index in [9.17, 15) is 5.11 Å². The molecule has 0 radical (unpaired) electrons. The van der Waals surface area contributed by atoms with Crippen molar-refractivity contribution in [2.75, 3.05) is 13.2 Å². The topological polar surface area (TPSA) is 41.5 Å². The van der Waals surface area contributed by atoms with Crippen LogP contribution < -0.4 is 5.32 Å². The lowest BCUT2D eigenvalue weighted by Gasteiger charge is -2.20. The van der Waals surface area contributed by atoms with Crippen LogP contribution in [-0.2, 0) is 4.74 Å². The van der Waals surface area contributed by atoms with Gasteiger partial charge in [-0.3, -0.25) is 0 Å². The first-order valence-corrected chi connectivity index (χ1v) is 6.16. The monoisotopic (exact) mass is 217 g/mol. The quantitative estimate of drug-likeness (QED) is 0.620. The average molecular weight is 217 g/mol. The molecule has 0 saturated carbocycles. The highest BCUT2D eigenvalue weighted by Crippen LogP contribution is 2.03. The lowest BCUT2D eigenvalue weighted by atomic mass is 10.2. The predicted octanol–water partition coefficient (Wildman–Crippen LogP) is 1.94. The Hall–Kier alpha value is -0.120. The third kappa shape index (κ3) is 7.77. The van der Waals surface area contributed by atoms with Crippen LogP contribution in [0, 0.1) is 0 Å². The van der Waals surface area contributed by atoms with E-state index in [0.717, 1.165) is 25.9 Å². The van der Waals surface area contributed by atoms with Crippen molar-refractivity contribution in [3.8, 4) is 0 Å². The second kappa shape index (κ2) is 9.13. The normalized spacial score (nSPS) is 15.6. The van der Waals surface area contributed by atoms with E-state index in [4.69, 9.17) is 4.74 Å². The molecule has 0 amide bonds. The van der Waals surface area contributed by atoms with Crippen molar-refractivity contribution in [3.05, 3.63) is 0 Å². The van der Waals surface area contributed by atoms with Gasteiger partial charge in [0.05, 0.1) is 18.8 Å². The maximum atomic E-state index is 9.37. The van der Waals surface area contributed by atoms with E-state index in [1.54, 1.807) is 0 Å². The molecular weight excluding hydrogens is 190 g/mol. The first kappa shape index (κ1) is 14.9. The molecule has 0 aliphatic rings. The maximum absolute atomic E-state index is 9.37. The van der Waals surface area contributed by atoms with Crippen LogP contribution in [0.25, 0.3) is 0 Å². The molecule has 0 aliphatic heterocycles. The van der Waals surface area contributed by atoms with Gasteiger partial charge in [0.2, 0.25) is 0 Å². The highest BCUT2D eigenvalue weighted by Gasteiger charge is 2.08. The number of rotatable bonds is 9. The minimum absolute atomic E-state index is 0.236. The molecule has 0 bridgehead atoms. The molecule has 0 spiro atoms. The summed E-state index contributed by atoms with van der Waals surface area (Å²) >= 11 is 0. The van der Waals surface area contributed by atoms with Crippen molar-refractivity contribution in [2.24, 2.45) is 0 Å². The Morgan fingerprint density at radius 1 is 1.13 bits per heavy atom. The summed E-state index contributed by atoms with van der Waals surface area (Å²) in [5.74, 6) is 0. The number of aliphatic hydroxyl groups is 1. The first-order valence-electron chi connectivity index (χ1n) is 6.16. The van der Waals surface area contributed by atoms with Crippen LogP contribution in [0.15, 0.2) is 0 Å². The molecule has 2 unspecified atom stereocenters. The summed E-state index contributed by atoms with van der Waals surface area (Å²) in [6.45, 7) is 9.75. The average Bonchev–Trinajstić information content (AvgIpc) is 2.27. The summed E-state index contributed by atoms with van der Waals surface area (Å²) in [7, 11) is 0. The Morgan fingerprint density at radius 2 is 1.73 bits per heavy atom. The Labute approximate surface area is 94.2 Å². The fraction of sp³-hybridized carbons (Fsp3) is 1.00. The van der Waals surface area contributed by atoms with Crippen LogP contribution >= 0.6 is 0 Å². The van der Waals surface area contributed by atoms with Crippen LogP contribution in [0.3, 0.4) is 0 Å². The molecule has 2 atom stereocenters. The molecular formula is C12H27NO2. The minimum Gasteiger partial charge on any atom is -0.392 e. The van der Waals surface area contributed by atoms with Gasteiger partial charge in [-0.05, 0) is 26.2 Å². The van der Waals surface area contributed by atoms with Gasteiger partial charge in [0.15, 0.2) is 0 Å². The molecule has 0 heterocycles. The highest BCUT2D eigenvalue weighted by molar-refractivity contribution is 4.64. The summed E-state index contributed by atoms with van der Waals surface area (Å²) < 4.78 is 5.72. The van der Waals surface area contributed by atoms with E-state index in [1.165, 1.54) is 0 Å². The van der Waals surface area contributed by atoms with Crippen LogP contribution in [0.4, 0.5) is 0 Å². The molecule has 0 aromatic heterocycles. The van der Waals surface area contributed by atoms with Crippen LogP contribution in [0.5, 0.6) is 0 Å². The lowest BCUT2D eigenvalue weighted by Crippen LogP contribution is -2.37. The zero-order valence-corrected chi connectivity index (χ0v) is 10.6. The molecule has 3 nitrogen and oxygen atoms in total. The Bertz CT molecular complexity index is 138. The molecule has 0 aromatic rings. The number of hydrogen-bond acceptors (Lipinski definition) is 3. The molecule has 0 rings (SSSR count). The lowest BCUT2D eigenvalue weighted by molar-refractivity contribution is 0.0340. The van der Waals surface area contributed by atoms with E-state index in [-0.39, 0.29) is 6.10 Å². The predicted molar refractivity (Wildman–Crippen MR) is 64.1 cm³/mol. The van der Waals surface area contributed by atoms with Gasteiger partial charge >= 0.3 is 0 Å². The third-order valence-corrected chi connectivity index (χ3v) is 2.67.